The van der Waals surface area contributed by atoms with Gasteiger partial charge in [0.2, 0.25) is 0 Å². The molecule has 0 aromatic rings. The largest absolute Gasteiger partial charge is 0.748 e. The van der Waals surface area contributed by atoms with E-state index in [4.69, 9.17) is 0 Å². The van der Waals surface area contributed by atoms with Gasteiger partial charge < -0.3 is 9.04 Å². The second-order valence-corrected chi connectivity index (χ2v) is 8.87. The van der Waals surface area contributed by atoms with Crippen molar-refractivity contribution in [3.8, 4) is 0 Å². The van der Waals surface area contributed by atoms with Gasteiger partial charge >= 0.3 is 0 Å². The molecule has 0 aliphatic carbocycles. The first-order valence-corrected chi connectivity index (χ1v) is 10.8. The third-order valence-electron chi connectivity index (χ3n) is 4.08. The lowest BCUT2D eigenvalue weighted by Gasteiger charge is -2.30. The summed E-state index contributed by atoms with van der Waals surface area (Å²) in [5.74, 6) is 0.774. The Hall–Kier alpha value is 0.220. The molecule has 0 aromatic heterocycles. The number of nitrogens with zero attached hydrogens (tertiary/aromatic N) is 1. The van der Waals surface area contributed by atoms with Crippen molar-refractivity contribution in [3.63, 3.8) is 0 Å². The highest BCUT2D eigenvalue weighted by molar-refractivity contribution is 7.85. The van der Waals surface area contributed by atoms with E-state index < -0.39 is 10.1 Å². The molecule has 0 aromatic carbocycles. The van der Waals surface area contributed by atoms with E-state index in [-0.39, 0.29) is 5.75 Å². The second kappa shape index (κ2) is 12.6. The Labute approximate surface area is 143 Å². The van der Waals surface area contributed by atoms with Gasteiger partial charge in [0.1, 0.15) is 0 Å². The SMILES string of the molecule is C[N+](C)(CCCCCCCCCCCS)CCCS(=O)(=O)[O-]. The van der Waals surface area contributed by atoms with Crippen LogP contribution in [0.25, 0.3) is 0 Å². The zero-order chi connectivity index (χ0) is 16.9. The summed E-state index contributed by atoms with van der Waals surface area (Å²) in [5, 5.41) is 0. The summed E-state index contributed by atoms with van der Waals surface area (Å²) in [6.07, 6.45) is 12.1. The van der Waals surface area contributed by atoms with Gasteiger partial charge in [0.05, 0.1) is 37.3 Å². The first-order chi connectivity index (χ1) is 10.3. The van der Waals surface area contributed by atoms with Crippen molar-refractivity contribution in [2.24, 2.45) is 0 Å². The number of thiol groups is 1. The van der Waals surface area contributed by atoms with Gasteiger partial charge in [-0.15, -0.1) is 0 Å². The maximum absolute atomic E-state index is 10.6. The summed E-state index contributed by atoms with van der Waals surface area (Å²) in [4.78, 5) is 0. The lowest BCUT2D eigenvalue weighted by molar-refractivity contribution is -0.890. The van der Waals surface area contributed by atoms with Gasteiger partial charge in [-0.3, -0.25) is 0 Å². The highest BCUT2D eigenvalue weighted by Crippen LogP contribution is 2.11. The third kappa shape index (κ3) is 16.6. The third-order valence-corrected chi connectivity index (χ3v) is 5.18. The topological polar surface area (TPSA) is 57.2 Å². The number of hydrogen-bond acceptors (Lipinski definition) is 4. The number of rotatable bonds is 15. The van der Waals surface area contributed by atoms with Gasteiger partial charge in [0, 0.05) is 12.2 Å². The molecule has 0 heterocycles. The zero-order valence-electron chi connectivity index (χ0n) is 14.4. The minimum Gasteiger partial charge on any atom is -0.748 e. The summed E-state index contributed by atoms with van der Waals surface area (Å²) >= 11 is 4.21. The first kappa shape index (κ1) is 22.2. The van der Waals surface area contributed by atoms with Crippen LogP contribution in [0.5, 0.6) is 0 Å². The van der Waals surface area contributed by atoms with Gasteiger partial charge in [0.25, 0.3) is 0 Å². The fourth-order valence-electron chi connectivity index (χ4n) is 2.67. The van der Waals surface area contributed by atoms with E-state index in [0.717, 1.165) is 23.3 Å². The maximum atomic E-state index is 10.6. The van der Waals surface area contributed by atoms with Crippen molar-refractivity contribution in [2.45, 2.75) is 64.2 Å². The Kier molecular flexibility index (Phi) is 12.7. The fraction of sp³-hybridized carbons (Fsp3) is 1.00. The van der Waals surface area contributed by atoms with Crippen LogP contribution in [-0.2, 0) is 10.1 Å². The molecule has 0 atom stereocenters. The summed E-state index contributed by atoms with van der Waals surface area (Å²) < 4.78 is 32.6. The summed E-state index contributed by atoms with van der Waals surface area (Å²) in [6, 6.07) is 0. The van der Waals surface area contributed by atoms with Crippen LogP contribution in [0.3, 0.4) is 0 Å². The Balaban J connectivity index is 3.45. The molecule has 134 valence electrons. The highest BCUT2D eigenvalue weighted by atomic mass is 32.2. The van der Waals surface area contributed by atoms with E-state index in [9.17, 15) is 13.0 Å². The molecule has 0 fully saturated rings. The van der Waals surface area contributed by atoms with Crippen LogP contribution in [0.15, 0.2) is 0 Å². The first-order valence-electron chi connectivity index (χ1n) is 8.63. The van der Waals surface area contributed by atoms with Crippen LogP contribution in [0, 0.1) is 0 Å². The predicted molar refractivity (Wildman–Crippen MR) is 96.4 cm³/mol. The van der Waals surface area contributed by atoms with E-state index in [1.165, 1.54) is 57.8 Å². The molecule has 0 aliphatic rings. The second-order valence-electron chi connectivity index (χ2n) is 6.90. The summed E-state index contributed by atoms with van der Waals surface area (Å²) in [7, 11) is 0.165. The zero-order valence-corrected chi connectivity index (χ0v) is 16.1. The van der Waals surface area contributed by atoms with Crippen LogP contribution >= 0.6 is 12.6 Å². The monoisotopic (exact) mass is 353 g/mol. The molecular formula is C16H35NO3S2. The lowest BCUT2D eigenvalue weighted by Crippen LogP contribution is -2.41. The van der Waals surface area contributed by atoms with Crippen molar-refractivity contribution >= 4 is 22.7 Å². The fourth-order valence-corrected chi connectivity index (χ4v) is 3.38. The summed E-state index contributed by atoms with van der Waals surface area (Å²) in [6.45, 7) is 1.81. The summed E-state index contributed by atoms with van der Waals surface area (Å²) in [5.41, 5.74) is 0. The molecule has 22 heavy (non-hydrogen) atoms. The number of hydrogen-bond donors (Lipinski definition) is 1. The highest BCUT2D eigenvalue weighted by Gasteiger charge is 2.14. The molecule has 0 saturated carbocycles. The van der Waals surface area contributed by atoms with Crippen molar-refractivity contribution in [3.05, 3.63) is 0 Å². The molecular weight excluding hydrogens is 318 g/mol. The quantitative estimate of drug-likeness (QED) is 0.212. The van der Waals surface area contributed by atoms with Gasteiger partial charge in [-0.25, -0.2) is 8.42 Å². The van der Waals surface area contributed by atoms with Crippen molar-refractivity contribution in [1.29, 1.82) is 0 Å². The average Bonchev–Trinajstić information content (AvgIpc) is 2.39. The molecule has 0 amide bonds. The normalized spacial score (nSPS) is 12.7. The molecule has 0 N–H and O–H groups in total. The van der Waals surface area contributed by atoms with E-state index in [1.807, 2.05) is 0 Å². The van der Waals surface area contributed by atoms with E-state index >= 15 is 0 Å². The molecule has 0 saturated heterocycles. The van der Waals surface area contributed by atoms with Crippen molar-refractivity contribution < 1.29 is 17.5 Å². The molecule has 0 aliphatic heterocycles. The predicted octanol–water partition coefficient (Wildman–Crippen LogP) is 3.44. The van der Waals surface area contributed by atoms with Gasteiger partial charge in [-0.1, -0.05) is 38.5 Å². The van der Waals surface area contributed by atoms with E-state index in [2.05, 4.69) is 26.7 Å². The van der Waals surface area contributed by atoms with Gasteiger partial charge in [-0.2, -0.15) is 12.6 Å². The van der Waals surface area contributed by atoms with Crippen molar-refractivity contribution in [2.75, 3.05) is 38.7 Å². The Morgan fingerprint density at radius 1 is 0.773 bits per heavy atom. The molecule has 0 spiro atoms. The Morgan fingerprint density at radius 2 is 1.18 bits per heavy atom. The molecule has 0 rings (SSSR count). The molecule has 4 nitrogen and oxygen atoms in total. The Morgan fingerprint density at radius 3 is 1.64 bits per heavy atom. The lowest BCUT2D eigenvalue weighted by atomic mass is 10.1. The Bertz CT molecular complexity index is 356. The van der Waals surface area contributed by atoms with Crippen LogP contribution in [0.4, 0.5) is 0 Å². The van der Waals surface area contributed by atoms with Gasteiger partial charge in [-0.05, 0) is 25.0 Å². The molecule has 0 unspecified atom stereocenters. The van der Waals surface area contributed by atoms with Crippen LogP contribution in [0.1, 0.15) is 64.2 Å². The molecule has 0 radical (unpaired) electrons. The minimum absolute atomic E-state index is 0.234. The van der Waals surface area contributed by atoms with Crippen LogP contribution in [-0.4, -0.2) is 56.1 Å². The van der Waals surface area contributed by atoms with Crippen LogP contribution in [0.2, 0.25) is 0 Å². The average molecular weight is 354 g/mol. The molecule has 6 heteroatoms. The van der Waals surface area contributed by atoms with Crippen molar-refractivity contribution in [1.82, 2.24) is 0 Å². The van der Waals surface area contributed by atoms with Gasteiger partial charge in [0.15, 0.2) is 0 Å². The smallest absolute Gasteiger partial charge is 0.0948 e. The van der Waals surface area contributed by atoms with Crippen LogP contribution < -0.4 is 0 Å². The number of unbranched alkanes of at least 4 members (excludes halogenated alkanes) is 8. The standard InChI is InChI=1S/C16H35NO3S2/c1-17(2,14-12-16-22(18,19)20)13-10-8-6-4-3-5-7-9-11-15-21/h3-16H2,1-2H3,(H-,18,19,20,21). The minimum atomic E-state index is -4.05. The van der Waals surface area contributed by atoms with E-state index in [0.29, 0.717) is 6.42 Å². The molecule has 0 bridgehead atoms. The van der Waals surface area contributed by atoms with E-state index in [1.54, 1.807) is 0 Å². The number of quaternary nitrogens is 1. The maximum Gasteiger partial charge on any atom is 0.0948 e.